The summed E-state index contributed by atoms with van der Waals surface area (Å²) in [6, 6.07) is 11.7. The van der Waals surface area contributed by atoms with Crippen LogP contribution < -0.4 is 0 Å². The van der Waals surface area contributed by atoms with Crippen LogP contribution in [0.4, 0.5) is 0 Å². The molecule has 1 aromatic heterocycles. The molecule has 0 saturated carbocycles. The van der Waals surface area contributed by atoms with E-state index in [2.05, 4.69) is 15.2 Å². The molecule has 3 rings (SSSR count). The minimum Gasteiger partial charge on any atom is -0.282 e. The fraction of sp³-hybridized carbons (Fsp3) is 0. The van der Waals surface area contributed by atoms with Gasteiger partial charge in [-0.3, -0.25) is 10.2 Å². The molecule has 0 atom stereocenters. The standard InChI is InChI=1S/C12H8ClN3S/c13-10-6-5-9(11-14-12(17)16-15-11)7-3-1-2-4-8(7)10/h1-6H,(H2,14,15,16,17). The quantitative estimate of drug-likeness (QED) is 0.652. The lowest BCUT2D eigenvalue weighted by Gasteiger charge is -2.05. The van der Waals surface area contributed by atoms with Crippen LogP contribution in [0.25, 0.3) is 22.2 Å². The predicted octanol–water partition coefficient (Wildman–Crippen LogP) is 3.94. The fourth-order valence-electron chi connectivity index (χ4n) is 1.87. The lowest BCUT2D eigenvalue weighted by Crippen LogP contribution is -1.84. The summed E-state index contributed by atoms with van der Waals surface area (Å²) < 4.78 is 0.444. The van der Waals surface area contributed by atoms with Crippen LogP contribution in [0.5, 0.6) is 0 Å². The van der Waals surface area contributed by atoms with Gasteiger partial charge in [-0.1, -0.05) is 35.9 Å². The number of hydrogen-bond donors (Lipinski definition) is 2. The zero-order valence-electron chi connectivity index (χ0n) is 8.70. The number of fused-ring (bicyclic) bond motifs is 1. The summed E-state index contributed by atoms with van der Waals surface area (Å²) in [4.78, 5) is 4.22. The number of benzene rings is 2. The molecule has 0 fully saturated rings. The number of halogens is 1. The first-order valence-corrected chi connectivity index (χ1v) is 5.86. The maximum absolute atomic E-state index is 6.16. The highest BCUT2D eigenvalue weighted by atomic mass is 35.5. The summed E-state index contributed by atoms with van der Waals surface area (Å²) in [5.74, 6) is 0.725. The Morgan fingerprint density at radius 3 is 2.47 bits per heavy atom. The molecule has 0 radical (unpaired) electrons. The van der Waals surface area contributed by atoms with Crippen LogP contribution >= 0.6 is 23.8 Å². The Morgan fingerprint density at radius 2 is 1.76 bits per heavy atom. The van der Waals surface area contributed by atoms with Crippen LogP contribution in [0.15, 0.2) is 36.4 Å². The van der Waals surface area contributed by atoms with Gasteiger partial charge in [-0.15, -0.1) is 0 Å². The maximum atomic E-state index is 6.16. The van der Waals surface area contributed by atoms with E-state index in [0.717, 1.165) is 27.2 Å². The van der Waals surface area contributed by atoms with Gasteiger partial charge in [0, 0.05) is 16.0 Å². The van der Waals surface area contributed by atoms with Crippen LogP contribution in [0.1, 0.15) is 0 Å². The van der Waals surface area contributed by atoms with E-state index >= 15 is 0 Å². The van der Waals surface area contributed by atoms with Crippen molar-refractivity contribution in [1.82, 2.24) is 15.2 Å². The van der Waals surface area contributed by atoms with Gasteiger partial charge in [-0.25, -0.2) is 0 Å². The molecule has 2 aromatic carbocycles. The first kappa shape index (κ1) is 10.5. The highest BCUT2D eigenvalue weighted by Gasteiger charge is 2.08. The Bertz CT molecular complexity index is 745. The third kappa shape index (κ3) is 1.75. The number of H-pyrrole nitrogens is 2. The van der Waals surface area contributed by atoms with Crippen molar-refractivity contribution in [2.75, 3.05) is 0 Å². The van der Waals surface area contributed by atoms with Gasteiger partial charge >= 0.3 is 0 Å². The van der Waals surface area contributed by atoms with Crippen LogP contribution in [-0.2, 0) is 0 Å². The lowest BCUT2D eigenvalue weighted by atomic mass is 10.0. The van der Waals surface area contributed by atoms with Crippen LogP contribution in [0.3, 0.4) is 0 Å². The fourth-order valence-corrected chi connectivity index (χ4v) is 2.24. The Hall–Kier alpha value is -1.65. The van der Waals surface area contributed by atoms with Gasteiger partial charge in [0.1, 0.15) is 0 Å². The van der Waals surface area contributed by atoms with Gasteiger partial charge in [-0.2, -0.15) is 4.98 Å². The molecule has 0 aliphatic heterocycles. The van der Waals surface area contributed by atoms with Crippen molar-refractivity contribution in [3.63, 3.8) is 0 Å². The summed E-state index contributed by atoms with van der Waals surface area (Å²) in [5.41, 5.74) is 0.984. The normalized spacial score (nSPS) is 10.9. The molecular weight excluding hydrogens is 254 g/mol. The second-order valence-electron chi connectivity index (χ2n) is 3.66. The zero-order valence-corrected chi connectivity index (χ0v) is 10.3. The van der Waals surface area contributed by atoms with E-state index in [4.69, 9.17) is 23.8 Å². The van der Waals surface area contributed by atoms with E-state index < -0.39 is 0 Å². The van der Waals surface area contributed by atoms with E-state index in [1.807, 2.05) is 36.4 Å². The SMILES string of the molecule is S=c1nc(-c2ccc(Cl)c3ccccc23)[nH][nH]1. The molecule has 3 nitrogen and oxygen atoms in total. The largest absolute Gasteiger partial charge is 0.282 e. The highest BCUT2D eigenvalue weighted by Crippen LogP contribution is 2.30. The van der Waals surface area contributed by atoms with E-state index in [1.165, 1.54) is 0 Å². The van der Waals surface area contributed by atoms with Gasteiger partial charge in [0.15, 0.2) is 5.82 Å². The van der Waals surface area contributed by atoms with Crippen LogP contribution in [-0.4, -0.2) is 15.2 Å². The number of aromatic nitrogens is 3. The highest BCUT2D eigenvalue weighted by molar-refractivity contribution is 7.71. The Balaban J connectivity index is 2.38. The van der Waals surface area contributed by atoms with Crippen molar-refractivity contribution >= 4 is 34.6 Å². The van der Waals surface area contributed by atoms with E-state index in [-0.39, 0.29) is 0 Å². The van der Waals surface area contributed by atoms with Gasteiger partial charge in [0.05, 0.1) is 0 Å². The average Bonchev–Trinajstić information content (AvgIpc) is 2.77. The summed E-state index contributed by atoms with van der Waals surface area (Å²) in [6.07, 6.45) is 0. The molecular formula is C12H8ClN3S. The number of nitrogens with one attached hydrogen (secondary N) is 2. The van der Waals surface area contributed by atoms with Gasteiger partial charge < -0.3 is 0 Å². The molecule has 0 aliphatic carbocycles. The smallest absolute Gasteiger partial charge is 0.213 e. The molecule has 0 spiro atoms. The molecule has 0 amide bonds. The number of hydrogen-bond acceptors (Lipinski definition) is 2. The molecule has 5 heteroatoms. The van der Waals surface area contributed by atoms with E-state index in [0.29, 0.717) is 4.77 Å². The molecule has 1 heterocycles. The molecule has 0 aliphatic rings. The van der Waals surface area contributed by atoms with E-state index in [1.54, 1.807) is 0 Å². The summed E-state index contributed by atoms with van der Waals surface area (Å²) in [7, 11) is 0. The van der Waals surface area contributed by atoms with Crippen LogP contribution in [0, 0.1) is 4.77 Å². The summed E-state index contributed by atoms with van der Waals surface area (Å²) >= 11 is 11.1. The van der Waals surface area contributed by atoms with Crippen molar-refractivity contribution < 1.29 is 0 Å². The summed E-state index contributed by atoms with van der Waals surface area (Å²) in [5, 5.41) is 8.54. The molecule has 0 saturated heterocycles. The second kappa shape index (κ2) is 3.98. The minimum absolute atomic E-state index is 0.444. The lowest BCUT2D eigenvalue weighted by molar-refractivity contribution is 1.08. The Labute approximate surface area is 107 Å². The Morgan fingerprint density at radius 1 is 1.00 bits per heavy atom. The first-order valence-electron chi connectivity index (χ1n) is 5.08. The third-order valence-corrected chi connectivity index (χ3v) is 3.15. The molecule has 17 heavy (non-hydrogen) atoms. The average molecular weight is 262 g/mol. The van der Waals surface area contributed by atoms with Crippen molar-refractivity contribution in [2.45, 2.75) is 0 Å². The van der Waals surface area contributed by atoms with Gasteiger partial charge in [0.2, 0.25) is 4.77 Å². The van der Waals surface area contributed by atoms with Crippen molar-refractivity contribution in [3.8, 4) is 11.4 Å². The third-order valence-electron chi connectivity index (χ3n) is 2.63. The molecule has 0 bridgehead atoms. The molecule has 84 valence electrons. The zero-order chi connectivity index (χ0) is 11.8. The molecule has 3 aromatic rings. The van der Waals surface area contributed by atoms with E-state index in [9.17, 15) is 0 Å². The van der Waals surface area contributed by atoms with Crippen LogP contribution in [0.2, 0.25) is 5.02 Å². The summed E-state index contributed by atoms with van der Waals surface area (Å²) in [6.45, 7) is 0. The monoisotopic (exact) mass is 261 g/mol. The molecule has 2 N–H and O–H groups in total. The number of aromatic amines is 2. The minimum atomic E-state index is 0.444. The van der Waals surface area contributed by atoms with Gasteiger partial charge in [0.25, 0.3) is 0 Å². The first-order chi connectivity index (χ1) is 8.25. The van der Waals surface area contributed by atoms with Crippen molar-refractivity contribution in [1.29, 1.82) is 0 Å². The number of nitrogens with zero attached hydrogens (tertiary/aromatic N) is 1. The van der Waals surface area contributed by atoms with Crippen molar-refractivity contribution in [3.05, 3.63) is 46.2 Å². The van der Waals surface area contributed by atoms with Crippen molar-refractivity contribution in [2.24, 2.45) is 0 Å². The predicted molar refractivity (Wildman–Crippen MR) is 71.7 cm³/mol. The van der Waals surface area contributed by atoms with Gasteiger partial charge in [-0.05, 0) is 29.7 Å². The number of rotatable bonds is 1. The second-order valence-corrected chi connectivity index (χ2v) is 4.45. The topological polar surface area (TPSA) is 44.5 Å². The molecule has 0 unspecified atom stereocenters. The Kier molecular flexibility index (Phi) is 2.46. The maximum Gasteiger partial charge on any atom is 0.213 e.